The molecule has 3 rings (SSSR count). The number of halogens is 2. The average molecular weight is 313 g/mol. The van der Waals surface area contributed by atoms with Crippen LogP contribution in [-0.2, 0) is 0 Å². The van der Waals surface area contributed by atoms with E-state index in [-0.39, 0.29) is 17.1 Å². The van der Waals surface area contributed by atoms with Gasteiger partial charge in [-0.1, -0.05) is 23.9 Å². The third-order valence-corrected chi connectivity index (χ3v) is 3.47. The zero-order valence-corrected chi connectivity index (χ0v) is 12.3. The van der Waals surface area contributed by atoms with Gasteiger partial charge in [-0.15, -0.1) is 0 Å². The summed E-state index contributed by atoms with van der Waals surface area (Å²) in [5, 5.41) is 3.68. The Hall–Kier alpha value is -3.02. The molecule has 0 aliphatic heterocycles. The number of nitrogen functional groups attached to an aromatic ring is 1. The second-order valence-electron chi connectivity index (χ2n) is 5.09. The molecule has 0 aliphatic carbocycles. The summed E-state index contributed by atoms with van der Waals surface area (Å²) in [4.78, 5) is 4.06. The van der Waals surface area contributed by atoms with Gasteiger partial charge in [-0.05, 0) is 24.6 Å². The highest BCUT2D eigenvalue weighted by Gasteiger charge is 2.20. The van der Waals surface area contributed by atoms with Crippen LogP contribution in [0.25, 0.3) is 16.7 Å². The van der Waals surface area contributed by atoms with Gasteiger partial charge >= 0.3 is 0 Å². The molecule has 116 valence electrons. The highest BCUT2D eigenvalue weighted by Crippen LogP contribution is 2.35. The minimum atomic E-state index is -0.972. The molecule has 0 aliphatic rings. The van der Waals surface area contributed by atoms with Gasteiger partial charge in [0.2, 0.25) is 0 Å². The maximum atomic E-state index is 14.0. The van der Waals surface area contributed by atoms with Crippen molar-refractivity contribution in [2.24, 2.45) is 0 Å². The molecule has 3 aromatic rings. The highest BCUT2D eigenvalue weighted by atomic mass is 19.2. The number of aryl methyl sites for hydroxylation is 1. The van der Waals surface area contributed by atoms with Crippen LogP contribution in [0.15, 0.2) is 47.8 Å². The topological polar surface area (TPSA) is 64.9 Å². The van der Waals surface area contributed by atoms with Gasteiger partial charge in [-0.25, -0.2) is 13.8 Å². The molecule has 4 nitrogen and oxygen atoms in total. The van der Waals surface area contributed by atoms with Gasteiger partial charge in [-0.3, -0.25) is 0 Å². The SMILES string of the molecule is C=C(c1cc(C)cnc1N)c1oncc1-c1cccc(F)c1F. The molecular formula is C17H13F2N3O. The number of nitrogens with two attached hydrogens (primary N) is 1. The Kier molecular flexibility index (Phi) is 3.65. The van der Waals surface area contributed by atoms with Crippen LogP contribution in [0.5, 0.6) is 0 Å². The van der Waals surface area contributed by atoms with Crippen LogP contribution >= 0.6 is 0 Å². The minimum Gasteiger partial charge on any atom is -0.383 e. The quantitative estimate of drug-likeness (QED) is 0.794. The second kappa shape index (κ2) is 5.64. The van der Waals surface area contributed by atoms with Crippen LogP contribution in [0.1, 0.15) is 16.9 Å². The van der Waals surface area contributed by atoms with Crippen LogP contribution < -0.4 is 5.73 Å². The van der Waals surface area contributed by atoms with Crippen LogP contribution in [0.3, 0.4) is 0 Å². The lowest BCUT2D eigenvalue weighted by Gasteiger charge is -2.09. The maximum absolute atomic E-state index is 14.0. The summed E-state index contributed by atoms with van der Waals surface area (Å²) in [6.07, 6.45) is 2.94. The summed E-state index contributed by atoms with van der Waals surface area (Å²) in [5.74, 6) is -1.44. The third-order valence-electron chi connectivity index (χ3n) is 3.47. The number of benzene rings is 1. The summed E-state index contributed by atoms with van der Waals surface area (Å²) in [7, 11) is 0. The van der Waals surface area contributed by atoms with Gasteiger partial charge in [-0.2, -0.15) is 0 Å². The highest BCUT2D eigenvalue weighted by molar-refractivity contribution is 5.87. The van der Waals surface area contributed by atoms with Crippen molar-refractivity contribution >= 4 is 11.4 Å². The minimum absolute atomic E-state index is 0.0431. The summed E-state index contributed by atoms with van der Waals surface area (Å²) in [6, 6.07) is 5.69. The molecule has 2 N–H and O–H groups in total. The Bertz CT molecular complexity index is 903. The lowest BCUT2D eigenvalue weighted by Crippen LogP contribution is -1.99. The van der Waals surface area contributed by atoms with Gasteiger partial charge in [0, 0.05) is 22.9 Å². The molecule has 23 heavy (non-hydrogen) atoms. The molecular weight excluding hydrogens is 300 g/mol. The van der Waals surface area contributed by atoms with Gasteiger partial charge in [0.25, 0.3) is 0 Å². The van der Waals surface area contributed by atoms with Crippen LogP contribution in [0.2, 0.25) is 0 Å². The molecule has 0 bridgehead atoms. The molecule has 0 amide bonds. The summed E-state index contributed by atoms with van der Waals surface area (Å²) >= 11 is 0. The standard InChI is InChI=1S/C17H13F2N3O/c1-9-6-12(17(20)21-7-9)10(2)16-13(8-22-23-16)11-4-3-5-14(18)15(11)19/h3-8H,2H2,1H3,(H2,20,21). The second-order valence-corrected chi connectivity index (χ2v) is 5.09. The summed E-state index contributed by atoms with van der Waals surface area (Å²) in [5.41, 5.74) is 8.05. The molecule has 0 fully saturated rings. The Labute approximate surface area is 131 Å². The van der Waals surface area contributed by atoms with Crippen molar-refractivity contribution in [2.45, 2.75) is 6.92 Å². The van der Waals surface area contributed by atoms with Gasteiger partial charge in [0.1, 0.15) is 5.82 Å². The van der Waals surface area contributed by atoms with E-state index in [0.717, 1.165) is 11.6 Å². The van der Waals surface area contributed by atoms with Gasteiger partial charge < -0.3 is 10.3 Å². The van der Waals surface area contributed by atoms with Crippen molar-refractivity contribution in [1.82, 2.24) is 10.1 Å². The van der Waals surface area contributed by atoms with Crippen LogP contribution in [0, 0.1) is 18.6 Å². The monoisotopic (exact) mass is 313 g/mol. The van der Waals surface area contributed by atoms with Crippen molar-refractivity contribution in [1.29, 1.82) is 0 Å². The first-order valence-corrected chi connectivity index (χ1v) is 6.80. The van der Waals surface area contributed by atoms with E-state index in [1.54, 1.807) is 12.3 Å². The number of hydrogen-bond acceptors (Lipinski definition) is 4. The predicted molar refractivity (Wildman–Crippen MR) is 83.4 cm³/mol. The van der Waals surface area contributed by atoms with E-state index in [1.165, 1.54) is 18.3 Å². The first-order valence-electron chi connectivity index (χ1n) is 6.80. The molecule has 0 saturated carbocycles. The Balaban J connectivity index is 2.13. The molecule has 2 heterocycles. The first-order chi connectivity index (χ1) is 11.0. The number of anilines is 1. The molecule has 0 radical (unpaired) electrons. The molecule has 0 atom stereocenters. The molecule has 6 heteroatoms. The van der Waals surface area contributed by atoms with Crippen LogP contribution in [0.4, 0.5) is 14.6 Å². The average Bonchev–Trinajstić information content (AvgIpc) is 3.01. The van der Waals surface area contributed by atoms with Crippen molar-refractivity contribution in [2.75, 3.05) is 5.73 Å². The van der Waals surface area contributed by atoms with Gasteiger partial charge in [0.05, 0.1) is 11.8 Å². The van der Waals surface area contributed by atoms with E-state index < -0.39 is 11.6 Å². The zero-order chi connectivity index (χ0) is 16.6. The smallest absolute Gasteiger partial charge is 0.174 e. The normalized spacial score (nSPS) is 10.7. The molecule has 0 saturated heterocycles. The largest absolute Gasteiger partial charge is 0.383 e. The Morgan fingerprint density at radius 3 is 2.78 bits per heavy atom. The van der Waals surface area contributed by atoms with Crippen molar-refractivity contribution in [3.63, 3.8) is 0 Å². The number of rotatable bonds is 3. The van der Waals surface area contributed by atoms with Crippen molar-refractivity contribution < 1.29 is 13.3 Å². The van der Waals surface area contributed by atoms with E-state index in [9.17, 15) is 8.78 Å². The maximum Gasteiger partial charge on any atom is 0.174 e. The van der Waals surface area contributed by atoms with E-state index >= 15 is 0 Å². The number of hydrogen-bond donors (Lipinski definition) is 1. The Morgan fingerprint density at radius 1 is 1.22 bits per heavy atom. The van der Waals surface area contributed by atoms with Gasteiger partial charge in [0.15, 0.2) is 17.4 Å². The summed E-state index contributed by atoms with van der Waals surface area (Å²) in [6.45, 7) is 5.80. The van der Waals surface area contributed by atoms with E-state index in [4.69, 9.17) is 10.3 Å². The molecule has 0 unspecified atom stereocenters. The summed E-state index contributed by atoms with van der Waals surface area (Å²) < 4.78 is 32.7. The fourth-order valence-electron chi connectivity index (χ4n) is 2.30. The lowest BCUT2D eigenvalue weighted by molar-refractivity contribution is 0.411. The lowest BCUT2D eigenvalue weighted by atomic mass is 9.98. The first kappa shape index (κ1) is 14.9. The zero-order valence-electron chi connectivity index (χ0n) is 12.3. The van der Waals surface area contributed by atoms with Crippen molar-refractivity contribution in [3.8, 4) is 11.1 Å². The fourth-order valence-corrected chi connectivity index (χ4v) is 2.30. The molecule has 0 spiro atoms. The number of pyridine rings is 1. The van der Waals surface area contributed by atoms with E-state index in [2.05, 4.69) is 16.7 Å². The molecule has 1 aromatic carbocycles. The van der Waals surface area contributed by atoms with E-state index in [0.29, 0.717) is 16.7 Å². The third kappa shape index (κ3) is 2.59. The number of aromatic nitrogens is 2. The van der Waals surface area contributed by atoms with E-state index in [1.807, 2.05) is 6.92 Å². The molecule has 2 aromatic heterocycles. The Morgan fingerprint density at radius 2 is 2.00 bits per heavy atom. The predicted octanol–water partition coefficient (Wildman–Crippen LogP) is 3.97. The van der Waals surface area contributed by atoms with Crippen molar-refractivity contribution in [3.05, 3.63) is 71.8 Å². The fraction of sp³-hybridized carbons (Fsp3) is 0.0588. The number of nitrogens with zero attached hydrogens (tertiary/aromatic N) is 2. The van der Waals surface area contributed by atoms with Crippen LogP contribution in [-0.4, -0.2) is 10.1 Å².